The summed E-state index contributed by atoms with van der Waals surface area (Å²) in [6, 6.07) is 7.74. The highest BCUT2D eigenvalue weighted by Gasteiger charge is 2.37. The number of nitro groups is 1. The smallest absolute Gasteiger partial charge is 0.270 e. The molecule has 1 aliphatic carbocycles. The molecule has 2 aromatic rings. The fourth-order valence-electron chi connectivity index (χ4n) is 3.65. The highest BCUT2D eigenvalue weighted by molar-refractivity contribution is 8.26. The number of nitrogens with zero attached hydrogens (tertiary/aromatic N) is 2. The van der Waals surface area contributed by atoms with E-state index in [1.807, 2.05) is 0 Å². The molecule has 1 saturated heterocycles. The van der Waals surface area contributed by atoms with Gasteiger partial charge in [-0.05, 0) is 31.0 Å². The second-order valence-electron chi connectivity index (χ2n) is 6.97. The number of halogens is 1. The topological polar surface area (TPSA) is 76.6 Å². The fourth-order valence-corrected chi connectivity index (χ4v) is 5.25. The van der Waals surface area contributed by atoms with Gasteiger partial charge in [-0.25, -0.2) is 0 Å². The van der Waals surface area contributed by atoms with Gasteiger partial charge in [-0.2, -0.15) is 0 Å². The summed E-state index contributed by atoms with van der Waals surface area (Å²) in [6.45, 7) is 0. The van der Waals surface area contributed by atoms with E-state index in [2.05, 4.69) is 0 Å². The van der Waals surface area contributed by atoms with E-state index in [9.17, 15) is 14.9 Å². The van der Waals surface area contributed by atoms with E-state index in [1.54, 1.807) is 23.1 Å². The van der Waals surface area contributed by atoms with Crippen LogP contribution in [-0.4, -0.2) is 26.1 Å². The first kappa shape index (κ1) is 20.1. The predicted molar refractivity (Wildman–Crippen MR) is 118 cm³/mol. The molecule has 29 heavy (non-hydrogen) atoms. The first-order chi connectivity index (χ1) is 13.9. The summed E-state index contributed by atoms with van der Waals surface area (Å²) >= 11 is 12.9. The lowest BCUT2D eigenvalue weighted by Crippen LogP contribution is -2.39. The molecule has 2 fully saturated rings. The quantitative estimate of drug-likeness (QED) is 0.245. The van der Waals surface area contributed by atoms with Gasteiger partial charge in [-0.15, -0.1) is 0 Å². The number of thiocarbonyl (C=S) groups is 1. The minimum atomic E-state index is -0.486. The van der Waals surface area contributed by atoms with E-state index < -0.39 is 4.92 Å². The number of nitro benzene ring substituents is 1. The van der Waals surface area contributed by atoms with E-state index in [4.69, 9.17) is 28.2 Å². The van der Waals surface area contributed by atoms with Crippen molar-refractivity contribution >= 4 is 57.6 Å². The molecule has 1 saturated carbocycles. The van der Waals surface area contributed by atoms with Gasteiger partial charge in [0.25, 0.3) is 11.6 Å². The van der Waals surface area contributed by atoms with E-state index in [0.717, 1.165) is 25.7 Å². The van der Waals surface area contributed by atoms with Crippen LogP contribution < -0.4 is 0 Å². The molecule has 150 valence electrons. The third kappa shape index (κ3) is 4.10. The lowest BCUT2D eigenvalue weighted by Gasteiger charge is -2.29. The lowest BCUT2D eigenvalue weighted by molar-refractivity contribution is -0.384. The van der Waals surface area contributed by atoms with Crippen LogP contribution in [0.4, 0.5) is 5.69 Å². The molecule has 0 unspecified atom stereocenters. The van der Waals surface area contributed by atoms with Crippen LogP contribution in [0.25, 0.3) is 17.4 Å². The van der Waals surface area contributed by atoms with Gasteiger partial charge in [-0.1, -0.05) is 54.8 Å². The fraction of sp³-hybridized carbons (Fsp3) is 0.300. The predicted octanol–water partition coefficient (Wildman–Crippen LogP) is 6.04. The van der Waals surface area contributed by atoms with Gasteiger partial charge < -0.3 is 4.42 Å². The Morgan fingerprint density at radius 1 is 1.24 bits per heavy atom. The van der Waals surface area contributed by atoms with Crippen molar-refractivity contribution in [1.29, 1.82) is 0 Å². The average molecular weight is 449 g/mol. The lowest BCUT2D eigenvalue weighted by atomic mass is 9.94. The SMILES string of the molecule is O=C1C(=Cc2ccc(-c3cc([N+](=O)[O-])ccc3Cl)o2)SC(=S)N1C1CCCCC1. The summed E-state index contributed by atoms with van der Waals surface area (Å²) in [4.78, 5) is 25.7. The Morgan fingerprint density at radius 2 is 2.00 bits per heavy atom. The maximum Gasteiger partial charge on any atom is 0.270 e. The van der Waals surface area contributed by atoms with E-state index >= 15 is 0 Å². The maximum absolute atomic E-state index is 12.9. The van der Waals surface area contributed by atoms with E-state index in [-0.39, 0.29) is 17.6 Å². The van der Waals surface area contributed by atoms with Crippen LogP contribution in [0.1, 0.15) is 37.9 Å². The molecule has 0 bridgehead atoms. The molecule has 0 atom stereocenters. The van der Waals surface area contributed by atoms with Gasteiger partial charge in [0.05, 0.1) is 14.9 Å². The third-order valence-corrected chi connectivity index (χ3v) is 6.75. The van der Waals surface area contributed by atoms with Crippen molar-refractivity contribution in [2.45, 2.75) is 38.1 Å². The number of thioether (sulfide) groups is 1. The maximum atomic E-state index is 12.9. The summed E-state index contributed by atoms with van der Waals surface area (Å²) in [5, 5.41) is 11.4. The number of rotatable bonds is 4. The Bertz CT molecular complexity index is 1030. The van der Waals surface area contributed by atoms with Crippen molar-refractivity contribution in [2.75, 3.05) is 0 Å². The molecule has 2 aliphatic rings. The van der Waals surface area contributed by atoms with Crippen LogP contribution in [0.3, 0.4) is 0 Å². The molecule has 0 radical (unpaired) electrons. The molecule has 1 amide bonds. The average Bonchev–Trinajstić information content (AvgIpc) is 3.27. The molecule has 1 aliphatic heterocycles. The second-order valence-corrected chi connectivity index (χ2v) is 9.05. The molecule has 2 heterocycles. The van der Waals surface area contributed by atoms with Gasteiger partial charge in [0.2, 0.25) is 0 Å². The van der Waals surface area contributed by atoms with Crippen molar-refractivity contribution in [1.82, 2.24) is 4.90 Å². The highest BCUT2D eigenvalue weighted by Crippen LogP contribution is 2.38. The number of hydrogen-bond acceptors (Lipinski definition) is 6. The zero-order chi connectivity index (χ0) is 20.5. The van der Waals surface area contributed by atoms with Crippen LogP contribution in [0.2, 0.25) is 5.02 Å². The normalized spacial score (nSPS) is 19.3. The number of amides is 1. The Hall–Kier alpha value is -2.16. The Balaban J connectivity index is 1.58. The van der Waals surface area contributed by atoms with Gasteiger partial charge >= 0.3 is 0 Å². The number of non-ortho nitro benzene ring substituents is 1. The Labute approximate surface area is 182 Å². The molecule has 9 heteroatoms. The molecule has 6 nitrogen and oxygen atoms in total. The minimum absolute atomic E-state index is 0.0734. The monoisotopic (exact) mass is 448 g/mol. The van der Waals surface area contributed by atoms with Gasteiger partial charge in [0.1, 0.15) is 15.8 Å². The Morgan fingerprint density at radius 3 is 2.72 bits per heavy atom. The largest absolute Gasteiger partial charge is 0.457 e. The van der Waals surface area contributed by atoms with Crippen LogP contribution in [-0.2, 0) is 4.79 Å². The molecule has 1 aromatic heterocycles. The summed E-state index contributed by atoms with van der Waals surface area (Å²) in [5.74, 6) is 0.776. The molecule has 1 aromatic carbocycles. The standard InChI is InChI=1S/C20H17ClN2O4S2/c21-16-8-6-13(23(25)26)10-15(16)17-9-7-14(27-17)11-18-19(24)22(20(28)29-18)12-4-2-1-3-5-12/h6-12H,1-5H2. The molecule has 0 spiro atoms. The number of hydrogen-bond donors (Lipinski definition) is 0. The summed E-state index contributed by atoms with van der Waals surface area (Å²) in [7, 11) is 0. The molecule has 4 rings (SSSR count). The summed E-state index contributed by atoms with van der Waals surface area (Å²) < 4.78 is 6.39. The number of carbonyl (C=O) groups is 1. The van der Waals surface area contributed by atoms with Gasteiger partial charge in [0, 0.05) is 29.8 Å². The first-order valence-corrected chi connectivity index (χ1v) is 10.9. The van der Waals surface area contributed by atoms with Gasteiger partial charge in [-0.3, -0.25) is 19.8 Å². The zero-order valence-electron chi connectivity index (χ0n) is 15.3. The number of furan rings is 1. The first-order valence-electron chi connectivity index (χ1n) is 9.25. The van der Waals surface area contributed by atoms with Crippen LogP contribution in [0.5, 0.6) is 0 Å². The van der Waals surface area contributed by atoms with Crippen molar-refractivity contribution in [3.63, 3.8) is 0 Å². The highest BCUT2D eigenvalue weighted by atomic mass is 35.5. The van der Waals surface area contributed by atoms with Gasteiger partial charge in [0.15, 0.2) is 0 Å². The van der Waals surface area contributed by atoms with Crippen LogP contribution in [0, 0.1) is 10.1 Å². The van der Waals surface area contributed by atoms with Crippen molar-refractivity contribution in [3.8, 4) is 11.3 Å². The molecular formula is C20H17ClN2O4S2. The number of benzene rings is 1. The van der Waals surface area contributed by atoms with Crippen molar-refractivity contribution < 1.29 is 14.1 Å². The second kappa shape index (κ2) is 8.30. The van der Waals surface area contributed by atoms with Crippen LogP contribution in [0.15, 0.2) is 39.7 Å². The van der Waals surface area contributed by atoms with Crippen molar-refractivity contribution in [2.24, 2.45) is 0 Å². The molecular weight excluding hydrogens is 432 g/mol. The number of carbonyl (C=O) groups excluding carboxylic acids is 1. The molecule has 0 N–H and O–H groups in total. The zero-order valence-corrected chi connectivity index (χ0v) is 17.7. The van der Waals surface area contributed by atoms with E-state index in [0.29, 0.717) is 31.3 Å². The summed E-state index contributed by atoms with van der Waals surface area (Å²) in [5.41, 5.74) is 0.353. The summed E-state index contributed by atoms with van der Waals surface area (Å²) in [6.07, 6.45) is 7.07. The van der Waals surface area contributed by atoms with E-state index in [1.165, 1.54) is 36.4 Å². The van der Waals surface area contributed by atoms with Crippen molar-refractivity contribution in [3.05, 3.63) is 56.1 Å². The third-order valence-electron chi connectivity index (χ3n) is 5.09. The Kier molecular flexibility index (Phi) is 5.76. The minimum Gasteiger partial charge on any atom is -0.457 e. The van der Waals surface area contributed by atoms with Crippen LogP contribution >= 0.6 is 35.6 Å².